The molecule has 112 valence electrons. The van der Waals surface area contributed by atoms with Gasteiger partial charge in [-0.3, -0.25) is 0 Å². The number of hydrogen-bond donors (Lipinski definition) is 1. The van der Waals surface area contributed by atoms with Gasteiger partial charge in [0.25, 0.3) is 0 Å². The third-order valence-corrected chi connectivity index (χ3v) is 2.59. The van der Waals surface area contributed by atoms with Crippen molar-refractivity contribution in [1.29, 1.82) is 0 Å². The normalized spacial score (nSPS) is 12.9. The van der Waals surface area contributed by atoms with Crippen LogP contribution < -0.4 is 10.1 Å². The van der Waals surface area contributed by atoms with Crippen LogP contribution in [0, 0.1) is 0 Å². The monoisotopic (exact) mass is 287 g/mol. The predicted molar refractivity (Wildman–Crippen MR) is 73.6 cm³/mol. The fourth-order valence-electron chi connectivity index (χ4n) is 1.78. The van der Waals surface area contributed by atoms with Crippen LogP contribution in [0.15, 0.2) is 35.9 Å². The zero-order valence-electron chi connectivity index (χ0n) is 11.9. The summed E-state index contributed by atoms with van der Waals surface area (Å²) in [4.78, 5) is 0. The maximum absolute atomic E-state index is 12.1. The van der Waals surface area contributed by atoms with Crippen molar-refractivity contribution in [2.45, 2.75) is 39.6 Å². The molecule has 1 unspecified atom stereocenters. The van der Waals surface area contributed by atoms with E-state index in [4.69, 9.17) is 0 Å². The molecule has 0 saturated carbocycles. The Hall–Kier alpha value is -1.49. The molecule has 1 rings (SSSR count). The molecule has 0 saturated heterocycles. The molecule has 0 radical (unpaired) electrons. The summed E-state index contributed by atoms with van der Waals surface area (Å²) in [5.74, 6) is -0.201. The summed E-state index contributed by atoms with van der Waals surface area (Å²) in [6.07, 6.45) is -1.61. The maximum atomic E-state index is 12.1. The van der Waals surface area contributed by atoms with Gasteiger partial charge in [-0.1, -0.05) is 30.7 Å². The van der Waals surface area contributed by atoms with E-state index >= 15 is 0 Å². The average Bonchev–Trinajstić information content (AvgIpc) is 2.33. The van der Waals surface area contributed by atoms with Crippen LogP contribution in [0.4, 0.5) is 13.2 Å². The van der Waals surface area contributed by atoms with Crippen LogP contribution >= 0.6 is 0 Å². The molecule has 0 aliphatic heterocycles. The SMILES string of the molecule is CCCNC(C=C(C)C)c1ccc(OC(F)(F)F)cc1. The number of hydrogen-bond acceptors (Lipinski definition) is 2. The summed E-state index contributed by atoms with van der Waals surface area (Å²) < 4.78 is 40.1. The van der Waals surface area contributed by atoms with Crippen LogP contribution in [0.3, 0.4) is 0 Å². The molecule has 0 aliphatic carbocycles. The van der Waals surface area contributed by atoms with E-state index in [1.54, 1.807) is 12.1 Å². The minimum atomic E-state index is -4.65. The molecule has 5 heteroatoms. The highest BCUT2D eigenvalue weighted by molar-refractivity contribution is 5.31. The number of benzene rings is 1. The lowest BCUT2D eigenvalue weighted by atomic mass is 10.0. The Balaban J connectivity index is 2.84. The molecule has 0 bridgehead atoms. The molecule has 0 fully saturated rings. The van der Waals surface area contributed by atoms with Crippen molar-refractivity contribution >= 4 is 0 Å². The van der Waals surface area contributed by atoms with E-state index in [1.165, 1.54) is 12.1 Å². The van der Waals surface area contributed by atoms with Gasteiger partial charge in [-0.25, -0.2) is 0 Å². The van der Waals surface area contributed by atoms with Gasteiger partial charge in [-0.2, -0.15) is 0 Å². The van der Waals surface area contributed by atoms with E-state index in [-0.39, 0.29) is 11.8 Å². The van der Waals surface area contributed by atoms with Crippen molar-refractivity contribution in [2.24, 2.45) is 0 Å². The van der Waals surface area contributed by atoms with Crippen LogP contribution in [0.25, 0.3) is 0 Å². The van der Waals surface area contributed by atoms with E-state index in [0.29, 0.717) is 0 Å². The number of halogens is 3. The molecule has 2 nitrogen and oxygen atoms in total. The van der Waals surface area contributed by atoms with Gasteiger partial charge < -0.3 is 10.1 Å². The first-order valence-corrected chi connectivity index (χ1v) is 6.56. The molecule has 0 aliphatic rings. The molecule has 0 amide bonds. The first-order valence-electron chi connectivity index (χ1n) is 6.56. The van der Waals surface area contributed by atoms with Crippen molar-refractivity contribution in [3.8, 4) is 5.75 Å². The molecule has 1 aromatic rings. The van der Waals surface area contributed by atoms with Crippen LogP contribution in [0.5, 0.6) is 5.75 Å². The average molecular weight is 287 g/mol. The zero-order chi connectivity index (χ0) is 15.2. The molecule has 0 heterocycles. The van der Waals surface area contributed by atoms with Crippen LogP contribution in [0.1, 0.15) is 38.8 Å². The molecule has 0 aromatic heterocycles. The van der Waals surface area contributed by atoms with Crippen molar-refractivity contribution < 1.29 is 17.9 Å². The van der Waals surface area contributed by atoms with Crippen LogP contribution in [-0.2, 0) is 0 Å². The smallest absolute Gasteiger partial charge is 0.406 e. The van der Waals surface area contributed by atoms with Gasteiger partial charge in [0.2, 0.25) is 0 Å². The molecule has 1 N–H and O–H groups in total. The lowest BCUT2D eigenvalue weighted by Gasteiger charge is -2.17. The van der Waals surface area contributed by atoms with Gasteiger partial charge in [0.05, 0.1) is 6.04 Å². The second-order valence-corrected chi connectivity index (χ2v) is 4.79. The van der Waals surface area contributed by atoms with E-state index < -0.39 is 6.36 Å². The Morgan fingerprint density at radius 2 is 1.85 bits per heavy atom. The van der Waals surface area contributed by atoms with Gasteiger partial charge in [0, 0.05) is 0 Å². The first kappa shape index (κ1) is 16.6. The topological polar surface area (TPSA) is 21.3 Å². The summed E-state index contributed by atoms with van der Waals surface area (Å²) in [6.45, 7) is 6.88. The third-order valence-electron chi connectivity index (χ3n) is 2.59. The predicted octanol–water partition coefficient (Wildman–Crippen LogP) is 4.59. The number of ether oxygens (including phenoxy) is 1. The number of rotatable bonds is 6. The van der Waals surface area contributed by atoms with E-state index in [2.05, 4.69) is 23.1 Å². The molecule has 20 heavy (non-hydrogen) atoms. The lowest BCUT2D eigenvalue weighted by Crippen LogP contribution is -2.21. The third kappa shape index (κ3) is 6.10. The Morgan fingerprint density at radius 1 is 1.25 bits per heavy atom. The van der Waals surface area contributed by atoms with Gasteiger partial charge in [-0.15, -0.1) is 13.2 Å². The van der Waals surface area contributed by atoms with E-state index in [1.807, 2.05) is 13.8 Å². The minimum absolute atomic E-state index is 0.000105. The molecular formula is C15H20F3NO. The van der Waals surface area contributed by atoms with Gasteiger partial charge in [0.1, 0.15) is 5.75 Å². The van der Waals surface area contributed by atoms with Crippen molar-refractivity contribution in [2.75, 3.05) is 6.54 Å². The summed E-state index contributed by atoms with van der Waals surface area (Å²) in [6, 6.07) is 5.96. The first-order chi connectivity index (χ1) is 9.31. The van der Waals surface area contributed by atoms with Gasteiger partial charge in [-0.05, 0) is 44.5 Å². The molecule has 1 atom stereocenters. The fourth-order valence-corrected chi connectivity index (χ4v) is 1.78. The summed E-state index contributed by atoms with van der Waals surface area (Å²) in [5, 5.41) is 3.35. The van der Waals surface area contributed by atoms with Gasteiger partial charge in [0.15, 0.2) is 0 Å². The summed E-state index contributed by atoms with van der Waals surface area (Å²) in [7, 11) is 0. The van der Waals surface area contributed by atoms with Crippen molar-refractivity contribution in [3.63, 3.8) is 0 Å². The van der Waals surface area contributed by atoms with Crippen molar-refractivity contribution in [3.05, 3.63) is 41.5 Å². The van der Waals surface area contributed by atoms with Crippen molar-refractivity contribution in [1.82, 2.24) is 5.32 Å². The second kappa shape index (κ2) is 7.33. The quantitative estimate of drug-likeness (QED) is 0.772. The summed E-state index contributed by atoms with van der Waals surface area (Å²) in [5.41, 5.74) is 2.06. The van der Waals surface area contributed by atoms with Crippen LogP contribution in [0.2, 0.25) is 0 Å². The lowest BCUT2D eigenvalue weighted by molar-refractivity contribution is -0.274. The van der Waals surface area contributed by atoms with Gasteiger partial charge >= 0.3 is 6.36 Å². The highest BCUT2D eigenvalue weighted by Crippen LogP contribution is 2.25. The maximum Gasteiger partial charge on any atom is 0.573 e. The Morgan fingerprint density at radius 3 is 2.30 bits per heavy atom. The molecule has 1 aromatic carbocycles. The Bertz CT molecular complexity index is 433. The highest BCUT2D eigenvalue weighted by Gasteiger charge is 2.31. The Labute approximate surface area is 117 Å². The minimum Gasteiger partial charge on any atom is -0.406 e. The van der Waals surface area contributed by atoms with Crippen LogP contribution in [-0.4, -0.2) is 12.9 Å². The van der Waals surface area contributed by atoms with E-state index in [0.717, 1.165) is 24.1 Å². The summed E-state index contributed by atoms with van der Waals surface area (Å²) >= 11 is 0. The highest BCUT2D eigenvalue weighted by atomic mass is 19.4. The number of alkyl halides is 3. The standard InChI is InChI=1S/C15H20F3NO/c1-4-9-19-14(10-11(2)3)12-5-7-13(8-6-12)20-15(16,17)18/h5-8,10,14,19H,4,9H2,1-3H3. The van der Waals surface area contributed by atoms with E-state index in [9.17, 15) is 13.2 Å². The molecule has 0 spiro atoms. The largest absolute Gasteiger partial charge is 0.573 e. The second-order valence-electron chi connectivity index (χ2n) is 4.79. The zero-order valence-corrected chi connectivity index (χ0v) is 11.9. The Kier molecular flexibility index (Phi) is 6.07. The molecular weight excluding hydrogens is 267 g/mol. The number of allylic oxidation sites excluding steroid dienone is 1. The fraction of sp³-hybridized carbons (Fsp3) is 0.467. The number of nitrogens with one attached hydrogen (secondary N) is 1.